The van der Waals surface area contributed by atoms with Gasteiger partial charge in [0, 0.05) is 0 Å². The molecule has 0 saturated carbocycles. The van der Waals surface area contributed by atoms with Crippen LogP contribution in [0.1, 0.15) is 0 Å². The zero-order chi connectivity index (χ0) is 7.15. The summed E-state index contributed by atoms with van der Waals surface area (Å²) in [6, 6.07) is 0. The molecule has 0 radical (unpaired) electrons. The van der Waals surface area contributed by atoms with Gasteiger partial charge in [0.1, 0.15) is 0 Å². The Balaban J connectivity index is -0.0000000300. The summed E-state index contributed by atoms with van der Waals surface area (Å²) < 4.78 is 17.5. The summed E-state index contributed by atoms with van der Waals surface area (Å²) in [4.78, 5) is 28.6. The second-order valence-corrected chi connectivity index (χ2v) is 1.70. The van der Waals surface area contributed by atoms with Crippen molar-refractivity contribution in [2.24, 2.45) is 0 Å². The molecule has 0 bridgehead atoms. The van der Waals surface area contributed by atoms with Gasteiger partial charge in [-0.1, -0.05) is 0 Å². The van der Waals surface area contributed by atoms with Gasteiger partial charge in [-0.25, -0.2) is 0 Å². The molecule has 0 unspecified atom stereocenters. The molecule has 0 heterocycles. The maximum atomic E-state index is 8.74. The van der Waals surface area contributed by atoms with Crippen molar-refractivity contribution in [3.63, 3.8) is 0 Å². The van der Waals surface area contributed by atoms with E-state index in [1.54, 1.807) is 0 Å². The van der Waals surface area contributed by atoms with E-state index in [1.807, 2.05) is 0 Å². The molecular formula is H9AlCaO6Si2. The van der Waals surface area contributed by atoms with E-state index in [4.69, 9.17) is 28.1 Å². The van der Waals surface area contributed by atoms with Gasteiger partial charge in [-0.15, -0.1) is 0 Å². The van der Waals surface area contributed by atoms with Gasteiger partial charge in [-0.2, -0.15) is 0 Å². The van der Waals surface area contributed by atoms with Crippen LogP contribution in [0.15, 0.2) is 0 Å². The molecule has 0 aromatic carbocycles. The van der Waals surface area contributed by atoms with Crippen molar-refractivity contribution >= 4 is 73.4 Å². The monoisotopic (exact) mass is 228 g/mol. The van der Waals surface area contributed by atoms with Crippen LogP contribution in [-0.4, -0.2) is 92.6 Å². The van der Waals surface area contributed by atoms with Crippen LogP contribution in [0, 0.1) is 0 Å². The van der Waals surface area contributed by atoms with Gasteiger partial charge in [0.05, 0.1) is 0 Å². The third kappa shape index (κ3) is 552. The SMILES string of the molecule is O=[Si](O)O.O=[Si](O)O.[AlH3].[CaH2]. The molecule has 0 spiro atoms. The quantitative estimate of drug-likeness (QED) is 0.308. The number of rotatable bonds is 0. The minimum absolute atomic E-state index is 0. The molecule has 0 aliphatic rings. The molecule has 4 N–H and O–H groups in total. The van der Waals surface area contributed by atoms with Crippen LogP contribution in [0.2, 0.25) is 0 Å². The van der Waals surface area contributed by atoms with Crippen LogP contribution in [-0.2, 0) is 8.92 Å². The van der Waals surface area contributed by atoms with E-state index in [9.17, 15) is 0 Å². The first kappa shape index (κ1) is 22.5. The van der Waals surface area contributed by atoms with Crippen LogP contribution in [0.3, 0.4) is 0 Å². The summed E-state index contributed by atoms with van der Waals surface area (Å²) >= 11 is 0. The predicted octanol–water partition coefficient (Wildman–Crippen LogP) is -5.33. The Morgan fingerprint density at radius 2 is 0.800 bits per heavy atom. The van der Waals surface area contributed by atoms with E-state index in [1.165, 1.54) is 0 Å². The van der Waals surface area contributed by atoms with Gasteiger partial charge in [-0.3, -0.25) is 8.92 Å². The zero-order valence-electron chi connectivity index (χ0n) is 3.61. The van der Waals surface area contributed by atoms with Crippen LogP contribution >= 0.6 is 0 Å². The molecule has 10 heavy (non-hydrogen) atoms. The molecule has 10 heteroatoms. The molecule has 58 valence electrons. The first-order chi connectivity index (χ1) is 3.46. The topological polar surface area (TPSA) is 115 Å². The van der Waals surface area contributed by atoms with E-state index in [0.717, 1.165) is 0 Å². The third-order valence-electron chi connectivity index (χ3n) is 0. The van der Waals surface area contributed by atoms with Crippen molar-refractivity contribution in [2.45, 2.75) is 0 Å². The van der Waals surface area contributed by atoms with Gasteiger partial charge < -0.3 is 19.2 Å². The summed E-state index contributed by atoms with van der Waals surface area (Å²) in [5.41, 5.74) is 0. The Bertz CT molecular complexity index is 73.7. The van der Waals surface area contributed by atoms with Gasteiger partial charge in [0.15, 0.2) is 17.4 Å². The molecule has 0 aromatic rings. The number of hydrogen-bond acceptors (Lipinski definition) is 2. The zero-order valence-corrected chi connectivity index (χ0v) is 5.61. The summed E-state index contributed by atoms with van der Waals surface area (Å²) in [6.07, 6.45) is 0. The molecular weight excluding hydrogens is 219 g/mol. The molecule has 0 aromatic heterocycles. The molecule has 0 saturated heterocycles. The Hall–Kier alpha value is 1.03. The van der Waals surface area contributed by atoms with Crippen molar-refractivity contribution in [2.75, 3.05) is 0 Å². The second kappa shape index (κ2) is 16.5. The fourth-order valence-corrected chi connectivity index (χ4v) is 0. The van der Waals surface area contributed by atoms with Gasteiger partial charge in [0.2, 0.25) is 0 Å². The average Bonchev–Trinajstić information content (AvgIpc) is 1.25. The number of hydrogen-bond donors (Lipinski definition) is 4. The van der Waals surface area contributed by atoms with Gasteiger partial charge in [0.25, 0.3) is 0 Å². The maximum absolute atomic E-state index is 8.74. The molecule has 6 nitrogen and oxygen atoms in total. The molecule has 0 aliphatic heterocycles. The first-order valence-corrected chi connectivity index (χ1v) is 3.91. The Morgan fingerprint density at radius 1 is 0.800 bits per heavy atom. The van der Waals surface area contributed by atoms with Gasteiger partial charge in [-0.05, 0) is 0 Å². The minimum atomic E-state index is -3.13. The van der Waals surface area contributed by atoms with Crippen molar-refractivity contribution < 1.29 is 28.1 Å². The summed E-state index contributed by atoms with van der Waals surface area (Å²) in [6.45, 7) is 0. The Labute approximate surface area is 100 Å². The van der Waals surface area contributed by atoms with Crippen molar-refractivity contribution in [1.29, 1.82) is 0 Å². The molecule has 0 fully saturated rings. The Morgan fingerprint density at radius 3 is 0.800 bits per heavy atom. The van der Waals surface area contributed by atoms with E-state index in [0.29, 0.717) is 0 Å². The fourth-order valence-electron chi connectivity index (χ4n) is 0. The first-order valence-electron chi connectivity index (χ1n) is 1.30. The standard InChI is InChI=1S/Al.Ca.2H2O3Si.5H/c;;2*1-4(2)3;;;;;/h;;2*1-2H;;;;;. The van der Waals surface area contributed by atoms with Crippen molar-refractivity contribution in [1.82, 2.24) is 0 Å². The predicted molar refractivity (Wildman–Crippen MR) is 40.2 cm³/mol. The summed E-state index contributed by atoms with van der Waals surface area (Å²) in [5.74, 6) is 0. The van der Waals surface area contributed by atoms with Crippen molar-refractivity contribution in [3.8, 4) is 0 Å². The van der Waals surface area contributed by atoms with E-state index in [2.05, 4.69) is 0 Å². The van der Waals surface area contributed by atoms with Crippen LogP contribution in [0.25, 0.3) is 0 Å². The Kier molecular flexibility index (Phi) is 37.1. The molecule has 0 atom stereocenters. The van der Waals surface area contributed by atoms with E-state index in [-0.39, 0.29) is 55.1 Å². The summed E-state index contributed by atoms with van der Waals surface area (Å²) in [7, 11) is -6.26. The van der Waals surface area contributed by atoms with Crippen molar-refractivity contribution in [3.05, 3.63) is 0 Å². The van der Waals surface area contributed by atoms with Crippen LogP contribution < -0.4 is 0 Å². The van der Waals surface area contributed by atoms with E-state index < -0.39 is 18.3 Å². The molecule has 0 aliphatic carbocycles. The molecule has 0 rings (SSSR count). The molecule has 0 amide bonds. The van der Waals surface area contributed by atoms with Crippen LogP contribution in [0.5, 0.6) is 0 Å². The third-order valence-corrected chi connectivity index (χ3v) is 0. The summed E-state index contributed by atoms with van der Waals surface area (Å²) in [5, 5.41) is 0. The van der Waals surface area contributed by atoms with E-state index >= 15 is 0 Å². The average molecular weight is 228 g/mol. The van der Waals surface area contributed by atoms with Crippen LogP contribution in [0.4, 0.5) is 0 Å². The second-order valence-electron chi connectivity index (χ2n) is 0.565. The normalized spacial score (nSPS) is 4.80. The fraction of sp³-hybridized carbons (Fsp3) is 0. The van der Waals surface area contributed by atoms with Gasteiger partial charge >= 0.3 is 56.1 Å².